The minimum absolute atomic E-state index is 0.0407. The van der Waals surface area contributed by atoms with E-state index in [0.29, 0.717) is 46.8 Å². The summed E-state index contributed by atoms with van der Waals surface area (Å²) < 4.78 is 19.3. The monoisotopic (exact) mass is 443 g/mol. The van der Waals surface area contributed by atoms with Gasteiger partial charge < -0.3 is 15.0 Å². The summed E-state index contributed by atoms with van der Waals surface area (Å²) in [6.07, 6.45) is 1.35. The molecule has 2 aliphatic rings. The average Bonchev–Trinajstić information content (AvgIpc) is 3.20. The van der Waals surface area contributed by atoms with Crippen LogP contribution in [0, 0.1) is 33.7 Å². The van der Waals surface area contributed by atoms with Gasteiger partial charge >= 0.3 is 5.69 Å². The van der Waals surface area contributed by atoms with Crippen molar-refractivity contribution in [1.82, 2.24) is 14.9 Å². The Morgan fingerprint density at radius 3 is 2.77 bits per heavy atom. The minimum atomic E-state index is -0.538. The number of hydrogen-bond donors (Lipinski definition) is 1. The second-order valence-corrected chi connectivity index (χ2v) is 8.50. The molecule has 5 rings (SSSR count). The average molecular weight is 444 g/mol. The number of rotatable bonds is 6. The molecule has 2 fully saturated rings. The summed E-state index contributed by atoms with van der Waals surface area (Å²) in [4.78, 5) is 22.0. The summed E-state index contributed by atoms with van der Waals surface area (Å²) in [6, 6.07) is 7.13. The Kier molecular flexibility index (Phi) is 4.86. The van der Waals surface area contributed by atoms with Gasteiger partial charge in [0.1, 0.15) is 18.0 Å². The normalized spacial score (nSPS) is 22.4. The van der Waals surface area contributed by atoms with E-state index >= 15 is 0 Å². The highest BCUT2D eigenvalue weighted by atomic mass is 35.5. The Bertz CT molecular complexity index is 1180. The quantitative estimate of drug-likeness (QED) is 0.449. The van der Waals surface area contributed by atoms with Crippen LogP contribution in [0.1, 0.15) is 0 Å². The van der Waals surface area contributed by atoms with Gasteiger partial charge in [0.25, 0.3) is 0 Å². The molecule has 8 nitrogen and oxygen atoms in total. The third-order valence-electron chi connectivity index (χ3n) is 6.08. The fraction of sp³-hybridized carbons (Fsp3) is 0.333. The number of benzene rings is 2. The lowest BCUT2D eigenvalue weighted by Crippen LogP contribution is -2.21. The van der Waals surface area contributed by atoms with Gasteiger partial charge in [0.15, 0.2) is 5.75 Å². The molecule has 10 heteroatoms. The summed E-state index contributed by atoms with van der Waals surface area (Å²) in [5.41, 5.74) is 0.854. The van der Waals surface area contributed by atoms with E-state index in [1.54, 1.807) is 6.07 Å². The molecule has 2 heterocycles. The van der Waals surface area contributed by atoms with Crippen LogP contribution in [0.15, 0.2) is 36.7 Å². The van der Waals surface area contributed by atoms with Crippen LogP contribution >= 0.6 is 11.6 Å². The Morgan fingerprint density at radius 2 is 2.06 bits per heavy atom. The van der Waals surface area contributed by atoms with Crippen molar-refractivity contribution in [2.24, 2.45) is 17.8 Å². The van der Waals surface area contributed by atoms with Gasteiger partial charge in [-0.3, -0.25) is 10.1 Å². The molecule has 1 saturated carbocycles. The maximum absolute atomic E-state index is 13.4. The van der Waals surface area contributed by atoms with E-state index in [-0.39, 0.29) is 16.5 Å². The highest BCUT2D eigenvalue weighted by Gasteiger charge is 2.55. The van der Waals surface area contributed by atoms with Crippen molar-refractivity contribution in [3.05, 3.63) is 57.6 Å². The van der Waals surface area contributed by atoms with Crippen LogP contribution in [-0.4, -0.2) is 46.5 Å². The van der Waals surface area contributed by atoms with Crippen LogP contribution in [0.5, 0.6) is 5.75 Å². The Labute approximate surface area is 182 Å². The van der Waals surface area contributed by atoms with Crippen molar-refractivity contribution in [3.8, 4) is 5.75 Å². The number of nitro benzene ring substituents is 1. The summed E-state index contributed by atoms with van der Waals surface area (Å²) >= 11 is 5.84. The van der Waals surface area contributed by atoms with E-state index in [9.17, 15) is 14.5 Å². The van der Waals surface area contributed by atoms with Crippen LogP contribution in [0.3, 0.4) is 0 Å². The van der Waals surface area contributed by atoms with E-state index in [4.69, 9.17) is 16.3 Å². The van der Waals surface area contributed by atoms with Gasteiger partial charge in [-0.05, 0) is 37.1 Å². The van der Waals surface area contributed by atoms with Crippen molar-refractivity contribution >= 4 is 39.7 Å². The van der Waals surface area contributed by atoms with Crippen molar-refractivity contribution in [3.63, 3.8) is 0 Å². The smallest absolute Gasteiger partial charge is 0.311 e. The molecule has 160 valence electrons. The third kappa shape index (κ3) is 3.75. The standard InChI is InChI=1S/C21H19ClFN5O3/c1-27-7-13-14(8-27)15(13)9-31-20-6-18-12(5-19(20)28(29)30)21(25-10-24-18)26-11-2-3-17(23)16(22)4-11/h2-6,10,13-15H,7-9H2,1H3,(H,24,25,26). The van der Waals surface area contributed by atoms with Gasteiger partial charge in [-0.1, -0.05) is 11.6 Å². The fourth-order valence-corrected chi connectivity index (χ4v) is 4.61. The lowest BCUT2D eigenvalue weighted by Gasteiger charge is -2.14. The predicted molar refractivity (Wildman–Crippen MR) is 114 cm³/mol. The van der Waals surface area contributed by atoms with Crippen LogP contribution in [0.4, 0.5) is 21.6 Å². The summed E-state index contributed by atoms with van der Waals surface area (Å²) in [5, 5.41) is 15.1. The largest absolute Gasteiger partial charge is 0.486 e. The number of halogens is 2. The molecule has 1 aliphatic heterocycles. The number of hydrogen-bond acceptors (Lipinski definition) is 7. The molecule has 2 unspecified atom stereocenters. The first-order valence-corrected chi connectivity index (χ1v) is 10.2. The highest BCUT2D eigenvalue weighted by molar-refractivity contribution is 6.31. The number of nitrogens with zero attached hydrogens (tertiary/aromatic N) is 4. The van der Waals surface area contributed by atoms with Crippen LogP contribution < -0.4 is 10.1 Å². The van der Waals surface area contributed by atoms with Gasteiger partial charge in [-0.25, -0.2) is 14.4 Å². The van der Waals surface area contributed by atoms with E-state index in [2.05, 4.69) is 27.2 Å². The summed E-state index contributed by atoms with van der Waals surface area (Å²) in [6.45, 7) is 2.56. The molecule has 0 amide bonds. The minimum Gasteiger partial charge on any atom is -0.486 e. The Morgan fingerprint density at radius 1 is 1.29 bits per heavy atom. The second-order valence-electron chi connectivity index (χ2n) is 8.09. The molecule has 1 aliphatic carbocycles. The second kappa shape index (κ2) is 7.58. The fourth-order valence-electron chi connectivity index (χ4n) is 4.43. The number of nitrogens with one attached hydrogen (secondary N) is 1. The van der Waals surface area contributed by atoms with Crippen LogP contribution in [-0.2, 0) is 0 Å². The highest BCUT2D eigenvalue weighted by Crippen LogP contribution is 2.51. The molecule has 3 aromatic rings. The number of piperidine rings is 1. The molecule has 2 atom stereocenters. The molecule has 0 radical (unpaired) electrons. The van der Waals surface area contributed by atoms with Gasteiger partial charge in [-0.2, -0.15) is 0 Å². The SMILES string of the molecule is CN1CC2C(COc3cc4ncnc(Nc5ccc(F)c(Cl)c5)c4cc3[N+](=O)[O-])C2C1. The maximum Gasteiger partial charge on any atom is 0.311 e. The van der Waals surface area contributed by atoms with E-state index < -0.39 is 10.7 Å². The zero-order chi connectivity index (χ0) is 21.7. The van der Waals surface area contributed by atoms with Gasteiger partial charge in [0.05, 0.1) is 27.5 Å². The van der Waals surface area contributed by atoms with E-state index in [1.165, 1.54) is 30.6 Å². The van der Waals surface area contributed by atoms with Crippen molar-refractivity contribution in [2.45, 2.75) is 0 Å². The van der Waals surface area contributed by atoms with E-state index in [1.807, 2.05) is 0 Å². The zero-order valence-electron chi connectivity index (χ0n) is 16.6. The molecular formula is C21H19ClFN5O3. The third-order valence-corrected chi connectivity index (χ3v) is 6.37. The topological polar surface area (TPSA) is 93.4 Å². The van der Waals surface area contributed by atoms with Crippen molar-refractivity contribution < 1.29 is 14.1 Å². The Hall–Kier alpha value is -3.04. The first kappa shape index (κ1) is 19.9. The first-order valence-electron chi connectivity index (χ1n) is 9.87. The number of ether oxygens (including phenoxy) is 1. The first-order chi connectivity index (χ1) is 14.9. The lowest BCUT2D eigenvalue weighted by molar-refractivity contribution is -0.385. The molecule has 0 bridgehead atoms. The zero-order valence-corrected chi connectivity index (χ0v) is 17.3. The number of nitro groups is 1. The Balaban J connectivity index is 1.42. The summed E-state index contributed by atoms with van der Waals surface area (Å²) in [7, 11) is 2.10. The predicted octanol–water partition coefficient (Wildman–Crippen LogP) is 4.26. The number of anilines is 2. The van der Waals surface area contributed by atoms with Crippen molar-refractivity contribution in [1.29, 1.82) is 0 Å². The molecule has 1 N–H and O–H groups in total. The number of fused-ring (bicyclic) bond motifs is 2. The molecular weight excluding hydrogens is 425 g/mol. The molecule has 1 saturated heterocycles. The number of aromatic nitrogens is 2. The molecule has 0 spiro atoms. The van der Waals surface area contributed by atoms with Gasteiger partial charge in [0, 0.05) is 36.8 Å². The molecule has 31 heavy (non-hydrogen) atoms. The van der Waals surface area contributed by atoms with Crippen molar-refractivity contribution in [2.75, 3.05) is 32.1 Å². The van der Waals surface area contributed by atoms with Crippen LogP contribution in [0.2, 0.25) is 5.02 Å². The number of likely N-dealkylation sites (tertiary alicyclic amines) is 1. The van der Waals surface area contributed by atoms with E-state index in [0.717, 1.165) is 13.1 Å². The van der Waals surface area contributed by atoms with Gasteiger partial charge in [0.2, 0.25) is 0 Å². The molecule has 1 aromatic heterocycles. The van der Waals surface area contributed by atoms with Gasteiger partial charge in [-0.15, -0.1) is 0 Å². The summed E-state index contributed by atoms with van der Waals surface area (Å²) in [5.74, 6) is 1.68. The molecule has 2 aromatic carbocycles. The maximum atomic E-state index is 13.4. The van der Waals surface area contributed by atoms with Crippen LogP contribution in [0.25, 0.3) is 10.9 Å². The lowest BCUT2D eigenvalue weighted by atomic mass is 10.2.